The molecule has 1 aliphatic heterocycles. The maximum absolute atomic E-state index is 5.63. The van der Waals surface area contributed by atoms with E-state index >= 15 is 0 Å². The number of rotatable bonds is 1. The monoisotopic (exact) mass is 255 g/mol. The Balaban J connectivity index is 2.47. The van der Waals surface area contributed by atoms with Crippen LogP contribution in [-0.2, 0) is 0 Å². The minimum absolute atomic E-state index is 0.467. The second-order valence-corrected chi connectivity index (χ2v) is 4.62. The fraction of sp³-hybridized carbons (Fsp3) is 0.455. The maximum atomic E-state index is 5.63. The molecule has 1 heterocycles. The van der Waals surface area contributed by atoms with Crippen LogP contribution in [0.4, 0.5) is 0 Å². The quantitative estimate of drug-likeness (QED) is 0.766. The van der Waals surface area contributed by atoms with Gasteiger partial charge in [-0.05, 0) is 26.2 Å². The van der Waals surface area contributed by atoms with E-state index in [1.54, 1.807) is 0 Å². The molecular formula is C11H14BrNO. The number of nitrogens with zero attached hydrogens (tertiary/aromatic N) is 1. The molecule has 2 nitrogen and oxygen atoms in total. The summed E-state index contributed by atoms with van der Waals surface area (Å²) in [5.41, 5.74) is 1.28. The zero-order chi connectivity index (χ0) is 10.1. The largest absolute Gasteiger partial charge is 0.493 e. The van der Waals surface area contributed by atoms with Crippen LogP contribution in [-0.4, -0.2) is 25.6 Å². The molecule has 14 heavy (non-hydrogen) atoms. The van der Waals surface area contributed by atoms with Gasteiger partial charge in [-0.1, -0.05) is 22.0 Å². The molecule has 1 atom stereocenters. The summed E-state index contributed by atoms with van der Waals surface area (Å²) in [6.07, 6.45) is 1.06. The van der Waals surface area contributed by atoms with Gasteiger partial charge in [0.1, 0.15) is 5.75 Å². The van der Waals surface area contributed by atoms with Crippen LogP contribution in [0.5, 0.6) is 5.75 Å². The highest BCUT2D eigenvalue weighted by Gasteiger charge is 2.24. The molecule has 1 aromatic carbocycles. The second kappa shape index (κ2) is 3.91. The van der Waals surface area contributed by atoms with Gasteiger partial charge in [0.25, 0.3) is 0 Å². The third kappa shape index (κ3) is 1.66. The predicted molar refractivity (Wildman–Crippen MR) is 60.7 cm³/mol. The Kier molecular flexibility index (Phi) is 2.79. The molecule has 0 fully saturated rings. The van der Waals surface area contributed by atoms with E-state index in [-0.39, 0.29) is 0 Å². The van der Waals surface area contributed by atoms with Gasteiger partial charge in [-0.15, -0.1) is 0 Å². The first-order valence-corrected chi connectivity index (χ1v) is 5.57. The van der Waals surface area contributed by atoms with Gasteiger partial charge in [0.2, 0.25) is 0 Å². The van der Waals surface area contributed by atoms with Crippen LogP contribution in [0.2, 0.25) is 0 Å². The second-order valence-electron chi connectivity index (χ2n) is 3.77. The van der Waals surface area contributed by atoms with Crippen molar-refractivity contribution in [2.24, 2.45) is 0 Å². The maximum Gasteiger partial charge on any atom is 0.125 e. The summed E-state index contributed by atoms with van der Waals surface area (Å²) >= 11 is 3.58. The molecule has 0 saturated heterocycles. The number of benzene rings is 1. The molecule has 1 unspecified atom stereocenters. The summed E-state index contributed by atoms with van der Waals surface area (Å²) in [6, 6.07) is 6.59. The lowest BCUT2D eigenvalue weighted by atomic mass is 10.00. The summed E-state index contributed by atoms with van der Waals surface area (Å²) < 4.78 is 6.77. The van der Waals surface area contributed by atoms with Crippen molar-refractivity contribution < 1.29 is 4.74 Å². The fourth-order valence-corrected chi connectivity index (χ4v) is 2.52. The van der Waals surface area contributed by atoms with E-state index in [0.717, 1.165) is 23.2 Å². The highest BCUT2D eigenvalue weighted by Crippen LogP contribution is 2.39. The van der Waals surface area contributed by atoms with Crippen LogP contribution < -0.4 is 4.74 Å². The van der Waals surface area contributed by atoms with Gasteiger partial charge in [0.15, 0.2) is 0 Å². The van der Waals surface area contributed by atoms with E-state index in [1.807, 2.05) is 12.1 Å². The molecule has 0 aromatic heterocycles. The number of hydrogen-bond acceptors (Lipinski definition) is 2. The van der Waals surface area contributed by atoms with E-state index in [1.165, 1.54) is 5.56 Å². The lowest BCUT2D eigenvalue weighted by Crippen LogP contribution is -2.26. The minimum Gasteiger partial charge on any atom is -0.493 e. The van der Waals surface area contributed by atoms with Crippen LogP contribution >= 0.6 is 15.9 Å². The zero-order valence-electron chi connectivity index (χ0n) is 8.46. The average Bonchev–Trinajstić information content (AvgIpc) is 2.17. The van der Waals surface area contributed by atoms with E-state index in [9.17, 15) is 0 Å². The minimum atomic E-state index is 0.467. The van der Waals surface area contributed by atoms with Crippen molar-refractivity contribution in [1.82, 2.24) is 4.90 Å². The highest BCUT2D eigenvalue weighted by atomic mass is 79.9. The molecule has 0 aliphatic carbocycles. The van der Waals surface area contributed by atoms with Crippen molar-refractivity contribution in [2.45, 2.75) is 12.5 Å². The molecule has 0 bridgehead atoms. The summed E-state index contributed by atoms with van der Waals surface area (Å²) in [4.78, 5) is 2.24. The number of ether oxygens (including phenoxy) is 1. The zero-order valence-corrected chi connectivity index (χ0v) is 10.0. The highest BCUT2D eigenvalue weighted by molar-refractivity contribution is 9.10. The fourth-order valence-electron chi connectivity index (χ4n) is 1.91. The summed E-state index contributed by atoms with van der Waals surface area (Å²) in [7, 11) is 4.22. The summed E-state index contributed by atoms with van der Waals surface area (Å²) in [6.45, 7) is 0.812. The van der Waals surface area contributed by atoms with Crippen molar-refractivity contribution in [2.75, 3.05) is 20.7 Å². The van der Waals surface area contributed by atoms with Crippen LogP contribution in [0.15, 0.2) is 22.7 Å². The van der Waals surface area contributed by atoms with E-state index in [2.05, 4.69) is 41.0 Å². The normalized spacial score (nSPS) is 20.4. The van der Waals surface area contributed by atoms with Crippen LogP contribution in [0.1, 0.15) is 18.0 Å². The lowest BCUT2D eigenvalue weighted by molar-refractivity contribution is 0.189. The Morgan fingerprint density at radius 1 is 1.43 bits per heavy atom. The summed E-state index contributed by atoms with van der Waals surface area (Å²) in [5.74, 6) is 1.02. The van der Waals surface area contributed by atoms with Gasteiger partial charge in [-0.25, -0.2) is 0 Å². The first kappa shape index (κ1) is 9.99. The van der Waals surface area contributed by atoms with Gasteiger partial charge in [-0.2, -0.15) is 0 Å². The van der Waals surface area contributed by atoms with Crippen molar-refractivity contribution in [3.05, 3.63) is 28.2 Å². The van der Waals surface area contributed by atoms with Gasteiger partial charge in [0, 0.05) is 22.5 Å². The van der Waals surface area contributed by atoms with Crippen LogP contribution in [0.25, 0.3) is 0 Å². The average molecular weight is 256 g/mol. The first-order valence-electron chi connectivity index (χ1n) is 4.78. The van der Waals surface area contributed by atoms with E-state index in [4.69, 9.17) is 4.74 Å². The molecule has 1 aliphatic rings. The van der Waals surface area contributed by atoms with E-state index < -0.39 is 0 Å². The molecule has 0 radical (unpaired) electrons. The van der Waals surface area contributed by atoms with Crippen LogP contribution in [0, 0.1) is 0 Å². The number of hydrogen-bond donors (Lipinski definition) is 0. The van der Waals surface area contributed by atoms with E-state index in [0.29, 0.717) is 6.04 Å². The molecule has 0 N–H and O–H groups in total. The van der Waals surface area contributed by atoms with Gasteiger partial charge >= 0.3 is 0 Å². The first-order chi connectivity index (χ1) is 6.70. The molecule has 0 spiro atoms. The molecule has 0 amide bonds. The standard InChI is InChI=1S/C11H14BrNO/c1-13(2)9-6-7-14-10-5-3-4-8(12)11(9)10/h3-5,9H,6-7H2,1-2H3. The van der Waals surface area contributed by atoms with Gasteiger partial charge in [0.05, 0.1) is 6.61 Å². The van der Waals surface area contributed by atoms with Crippen LogP contribution in [0.3, 0.4) is 0 Å². The van der Waals surface area contributed by atoms with Crippen molar-refractivity contribution >= 4 is 15.9 Å². The SMILES string of the molecule is CN(C)C1CCOc2cccc(Br)c21. The van der Waals surface area contributed by atoms with Crippen molar-refractivity contribution in [1.29, 1.82) is 0 Å². The molecular weight excluding hydrogens is 242 g/mol. The number of fused-ring (bicyclic) bond motifs is 1. The third-order valence-electron chi connectivity index (χ3n) is 2.62. The molecule has 1 aromatic rings. The number of halogens is 1. The third-order valence-corrected chi connectivity index (χ3v) is 3.31. The Labute approximate surface area is 93.0 Å². The molecule has 0 saturated carbocycles. The van der Waals surface area contributed by atoms with Crippen molar-refractivity contribution in [3.8, 4) is 5.75 Å². The smallest absolute Gasteiger partial charge is 0.125 e. The lowest BCUT2D eigenvalue weighted by Gasteiger charge is -2.31. The Morgan fingerprint density at radius 2 is 2.21 bits per heavy atom. The van der Waals surface area contributed by atoms with Gasteiger partial charge in [-0.3, -0.25) is 0 Å². The molecule has 2 rings (SSSR count). The predicted octanol–water partition coefficient (Wildman–Crippen LogP) is 2.83. The summed E-state index contributed by atoms with van der Waals surface area (Å²) in [5, 5.41) is 0. The molecule has 76 valence electrons. The Bertz CT molecular complexity index is 338. The Morgan fingerprint density at radius 3 is 2.93 bits per heavy atom. The Hall–Kier alpha value is -0.540. The topological polar surface area (TPSA) is 12.5 Å². The van der Waals surface area contributed by atoms with Gasteiger partial charge < -0.3 is 9.64 Å². The van der Waals surface area contributed by atoms with Crippen molar-refractivity contribution in [3.63, 3.8) is 0 Å². The molecule has 3 heteroatoms.